The van der Waals surface area contributed by atoms with Gasteiger partial charge in [0.25, 0.3) is 0 Å². The second-order valence-electron chi connectivity index (χ2n) is 4.42. The number of nitrogens with zero attached hydrogens (tertiary/aromatic N) is 1. The molecule has 0 fully saturated rings. The van der Waals surface area contributed by atoms with Crippen molar-refractivity contribution in [3.05, 3.63) is 12.1 Å². The molecule has 0 radical (unpaired) electrons. The first-order valence-electron chi connectivity index (χ1n) is 6.34. The Balaban J connectivity index is 2.35. The summed E-state index contributed by atoms with van der Waals surface area (Å²) in [7, 11) is 0. The number of ether oxygens (including phenoxy) is 2. The molecule has 1 aromatic heterocycles. The first-order valence-corrected chi connectivity index (χ1v) is 6.34. The van der Waals surface area contributed by atoms with Gasteiger partial charge in [0.15, 0.2) is 0 Å². The fourth-order valence-electron chi connectivity index (χ4n) is 1.37. The van der Waals surface area contributed by atoms with Crippen LogP contribution in [-0.2, 0) is 4.74 Å². The van der Waals surface area contributed by atoms with E-state index in [1.54, 1.807) is 6.07 Å². The van der Waals surface area contributed by atoms with E-state index < -0.39 is 0 Å². The van der Waals surface area contributed by atoms with Crippen LogP contribution in [-0.4, -0.2) is 31.3 Å². The normalized spacial score (nSPS) is 10.7. The molecule has 0 atom stereocenters. The van der Waals surface area contributed by atoms with Crippen molar-refractivity contribution in [2.45, 2.75) is 20.8 Å². The van der Waals surface area contributed by atoms with Gasteiger partial charge in [-0.3, -0.25) is 0 Å². The van der Waals surface area contributed by atoms with Gasteiger partial charge in [0.1, 0.15) is 5.82 Å². The van der Waals surface area contributed by atoms with Crippen LogP contribution >= 0.6 is 0 Å². The van der Waals surface area contributed by atoms with Crippen LogP contribution in [0.4, 0.5) is 11.5 Å². The molecule has 0 saturated carbocycles. The largest absolute Gasteiger partial charge is 0.476 e. The average Bonchev–Trinajstić information content (AvgIpc) is 2.32. The minimum atomic E-state index is 0.477. The first-order chi connectivity index (χ1) is 8.63. The Morgan fingerprint density at radius 1 is 1.39 bits per heavy atom. The molecule has 1 aromatic rings. The maximum atomic E-state index is 5.75. The molecule has 0 saturated heterocycles. The molecule has 0 aliphatic rings. The molecule has 0 aromatic carbocycles. The van der Waals surface area contributed by atoms with E-state index in [4.69, 9.17) is 15.2 Å². The number of anilines is 2. The molecular weight excluding hydrogens is 230 g/mol. The number of nitrogens with one attached hydrogen (secondary N) is 1. The number of hydrogen-bond acceptors (Lipinski definition) is 5. The molecule has 0 unspecified atom stereocenters. The van der Waals surface area contributed by atoms with Gasteiger partial charge in [-0.05, 0) is 25.0 Å². The summed E-state index contributed by atoms with van der Waals surface area (Å²) >= 11 is 0. The summed E-state index contributed by atoms with van der Waals surface area (Å²) in [6.45, 7) is 8.87. The zero-order chi connectivity index (χ0) is 13.4. The Morgan fingerprint density at radius 2 is 2.17 bits per heavy atom. The van der Waals surface area contributed by atoms with E-state index in [0.29, 0.717) is 30.7 Å². The highest BCUT2D eigenvalue weighted by atomic mass is 16.5. The molecule has 3 N–H and O–H groups in total. The highest BCUT2D eigenvalue weighted by Gasteiger charge is 2.03. The number of aromatic nitrogens is 1. The molecule has 18 heavy (non-hydrogen) atoms. The van der Waals surface area contributed by atoms with E-state index in [1.165, 1.54) is 0 Å². The standard InChI is InChI=1S/C13H23N3O2/c1-4-18-13-11(14)5-6-12(16-13)15-7-8-17-9-10(2)3/h5-6,10H,4,7-9,14H2,1-3H3,(H,15,16). The third kappa shape index (κ3) is 5.23. The Labute approximate surface area is 109 Å². The molecule has 1 rings (SSSR count). The predicted octanol–water partition coefficient (Wildman–Crippen LogP) is 2.15. The van der Waals surface area contributed by atoms with E-state index in [2.05, 4.69) is 24.1 Å². The summed E-state index contributed by atoms with van der Waals surface area (Å²) in [5, 5.41) is 3.17. The Bertz CT molecular complexity index is 356. The fourth-order valence-corrected chi connectivity index (χ4v) is 1.37. The van der Waals surface area contributed by atoms with Crippen LogP contribution in [0.3, 0.4) is 0 Å². The minimum Gasteiger partial charge on any atom is -0.476 e. The van der Waals surface area contributed by atoms with Gasteiger partial charge in [-0.2, -0.15) is 4.98 Å². The van der Waals surface area contributed by atoms with Crippen LogP contribution in [0.5, 0.6) is 5.88 Å². The topological polar surface area (TPSA) is 69.4 Å². The smallest absolute Gasteiger partial charge is 0.239 e. The number of hydrogen-bond donors (Lipinski definition) is 2. The van der Waals surface area contributed by atoms with Crippen molar-refractivity contribution in [2.75, 3.05) is 37.4 Å². The van der Waals surface area contributed by atoms with Gasteiger partial charge in [0.05, 0.1) is 18.9 Å². The molecule has 0 spiro atoms. The lowest BCUT2D eigenvalue weighted by Crippen LogP contribution is -2.13. The molecule has 0 aliphatic heterocycles. The van der Waals surface area contributed by atoms with Crippen LogP contribution in [0.2, 0.25) is 0 Å². The Morgan fingerprint density at radius 3 is 2.83 bits per heavy atom. The zero-order valence-corrected chi connectivity index (χ0v) is 11.4. The third-order valence-corrected chi connectivity index (χ3v) is 2.17. The van der Waals surface area contributed by atoms with E-state index >= 15 is 0 Å². The lowest BCUT2D eigenvalue weighted by Gasteiger charge is -2.10. The summed E-state index contributed by atoms with van der Waals surface area (Å²) in [5.74, 6) is 1.79. The van der Waals surface area contributed by atoms with Crippen molar-refractivity contribution in [3.63, 3.8) is 0 Å². The lowest BCUT2D eigenvalue weighted by molar-refractivity contribution is 0.118. The summed E-state index contributed by atoms with van der Waals surface area (Å²) < 4.78 is 10.8. The second-order valence-corrected chi connectivity index (χ2v) is 4.42. The number of rotatable bonds is 8. The van der Waals surface area contributed by atoms with E-state index in [-0.39, 0.29) is 0 Å². The molecule has 1 heterocycles. The van der Waals surface area contributed by atoms with E-state index in [9.17, 15) is 0 Å². The number of pyridine rings is 1. The van der Waals surface area contributed by atoms with E-state index in [1.807, 2.05) is 13.0 Å². The van der Waals surface area contributed by atoms with Crippen molar-refractivity contribution in [3.8, 4) is 5.88 Å². The van der Waals surface area contributed by atoms with Gasteiger partial charge in [-0.1, -0.05) is 13.8 Å². The Kier molecular flexibility index (Phi) is 6.28. The molecule has 102 valence electrons. The zero-order valence-electron chi connectivity index (χ0n) is 11.4. The van der Waals surface area contributed by atoms with Crippen LogP contribution in [0.25, 0.3) is 0 Å². The van der Waals surface area contributed by atoms with Crippen molar-refractivity contribution in [1.82, 2.24) is 4.98 Å². The average molecular weight is 253 g/mol. The van der Waals surface area contributed by atoms with Gasteiger partial charge in [0, 0.05) is 13.2 Å². The molecule has 5 nitrogen and oxygen atoms in total. The van der Waals surface area contributed by atoms with Crippen molar-refractivity contribution in [1.29, 1.82) is 0 Å². The summed E-state index contributed by atoms with van der Waals surface area (Å²) in [4.78, 5) is 4.28. The predicted molar refractivity (Wildman–Crippen MR) is 74.0 cm³/mol. The summed E-state index contributed by atoms with van der Waals surface area (Å²) in [6.07, 6.45) is 0. The van der Waals surface area contributed by atoms with Crippen LogP contribution in [0, 0.1) is 5.92 Å². The highest BCUT2D eigenvalue weighted by Crippen LogP contribution is 2.20. The minimum absolute atomic E-state index is 0.477. The second kappa shape index (κ2) is 7.76. The number of nitrogen functional groups attached to an aromatic ring is 1. The maximum absolute atomic E-state index is 5.75. The molecule has 0 aliphatic carbocycles. The molecular formula is C13H23N3O2. The summed E-state index contributed by atoms with van der Waals surface area (Å²) in [6, 6.07) is 3.62. The summed E-state index contributed by atoms with van der Waals surface area (Å²) in [5.41, 5.74) is 6.30. The first kappa shape index (κ1) is 14.6. The SMILES string of the molecule is CCOc1nc(NCCOCC(C)C)ccc1N. The molecule has 5 heteroatoms. The van der Waals surface area contributed by atoms with Crippen molar-refractivity contribution in [2.24, 2.45) is 5.92 Å². The van der Waals surface area contributed by atoms with Crippen molar-refractivity contribution < 1.29 is 9.47 Å². The third-order valence-electron chi connectivity index (χ3n) is 2.17. The monoisotopic (exact) mass is 253 g/mol. The highest BCUT2D eigenvalue weighted by molar-refractivity contribution is 5.53. The quantitative estimate of drug-likeness (QED) is 0.695. The lowest BCUT2D eigenvalue weighted by atomic mass is 10.2. The van der Waals surface area contributed by atoms with Gasteiger partial charge in [0.2, 0.25) is 5.88 Å². The fraction of sp³-hybridized carbons (Fsp3) is 0.615. The van der Waals surface area contributed by atoms with Gasteiger partial charge in [-0.15, -0.1) is 0 Å². The van der Waals surface area contributed by atoms with Gasteiger partial charge < -0.3 is 20.5 Å². The van der Waals surface area contributed by atoms with Crippen molar-refractivity contribution >= 4 is 11.5 Å². The Hall–Kier alpha value is -1.49. The number of nitrogens with two attached hydrogens (primary N) is 1. The van der Waals surface area contributed by atoms with Gasteiger partial charge in [-0.25, -0.2) is 0 Å². The van der Waals surface area contributed by atoms with Crippen LogP contribution in [0.15, 0.2) is 12.1 Å². The van der Waals surface area contributed by atoms with E-state index in [0.717, 1.165) is 19.0 Å². The van der Waals surface area contributed by atoms with Crippen LogP contribution in [0.1, 0.15) is 20.8 Å². The molecule has 0 amide bonds. The van der Waals surface area contributed by atoms with Gasteiger partial charge >= 0.3 is 0 Å². The maximum Gasteiger partial charge on any atom is 0.239 e. The molecule has 0 bridgehead atoms. The van der Waals surface area contributed by atoms with Crippen LogP contribution < -0.4 is 15.8 Å².